The highest BCUT2D eigenvalue weighted by Gasteiger charge is 2.26. The van der Waals surface area contributed by atoms with Crippen molar-refractivity contribution in [1.82, 2.24) is 0 Å². The fourth-order valence-corrected chi connectivity index (χ4v) is 5.44. The van der Waals surface area contributed by atoms with Crippen LogP contribution in [0.15, 0.2) is 24.3 Å². The van der Waals surface area contributed by atoms with E-state index in [4.69, 9.17) is 16.3 Å². The number of anilines is 1. The number of carbonyl (C=O) groups excluding carboxylic acids is 2. The van der Waals surface area contributed by atoms with Gasteiger partial charge < -0.3 is 10.1 Å². The minimum atomic E-state index is -0.413. The van der Waals surface area contributed by atoms with Crippen LogP contribution in [0.2, 0.25) is 5.02 Å². The Morgan fingerprint density at radius 1 is 1.22 bits per heavy atom. The van der Waals surface area contributed by atoms with Crippen LogP contribution in [0, 0.1) is 6.92 Å². The molecule has 27 heavy (non-hydrogen) atoms. The van der Waals surface area contributed by atoms with Gasteiger partial charge in [-0.15, -0.1) is 22.7 Å². The summed E-state index contributed by atoms with van der Waals surface area (Å²) >= 11 is 9.14. The molecule has 1 N–H and O–H groups in total. The first-order valence-electron chi connectivity index (χ1n) is 8.65. The first-order chi connectivity index (χ1) is 12.8. The Hall–Kier alpha value is -1.89. The second kappa shape index (κ2) is 8.00. The summed E-state index contributed by atoms with van der Waals surface area (Å²) in [6.07, 6.45) is 0.452. The Kier molecular flexibility index (Phi) is 5.89. The zero-order chi connectivity index (χ0) is 19.7. The van der Waals surface area contributed by atoms with Crippen molar-refractivity contribution in [1.29, 1.82) is 0 Å². The van der Waals surface area contributed by atoms with Crippen molar-refractivity contribution < 1.29 is 14.3 Å². The Bertz CT molecular complexity index is 1020. The number of aryl methyl sites for hydroxylation is 1. The van der Waals surface area contributed by atoms with Crippen LogP contribution >= 0.6 is 34.3 Å². The SMILES string of the molecule is CCc1c(C)sc(NC(=O)c2sc3ccccc3c2Cl)c1C(=O)OC(C)C. The third-order valence-electron chi connectivity index (χ3n) is 4.08. The minimum absolute atomic E-state index is 0.233. The monoisotopic (exact) mass is 421 g/mol. The van der Waals surface area contributed by atoms with Gasteiger partial charge in [0.25, 0.3) is 5.91 Å². The number of thiophene rings is 2. The van der Waals surface area contributed by atoms with E-state index in [2.05, 4.69) is 5.32 Å². The normalized spacial score (nSPS) is 11.2. The molecule has 3 rings (SSSR count). The molecule has 0 aliphatic rings. The molecule has 0 fully saturated rings. The van der Waals surface area contributed by atoms with Gasteiger partial charge >= 0.3 is 5.97 Å². The third kappa shape index (κ3) is 3.88. The zero-order valence-corrected chi connectivity index (χ0v) is 17.9. The van der Waals surface area contributed by atoms with Crippen molar-refractivity contribution >= 4 is 61.2 Å². The molecule has 0 spiro atoms. The lowest BCUT2D eigenvalue weighted by molar-refractivity contribution is 0.0378. The lowest BCUT2D eigenvalue weighted by Crippen LogP contribution is -2.17. The molecule has 0 saturated carbocycles. The number of rotatable bonds is 5. The van der Waals surface area contributed by atoms with E-state index < -0.39 is 5.97 Å². The summed E-state index contributed by atoms with van der Waals surface area (Å²) < 4.78 is 6.33. The smallest absolute Gasteiger partial charge is 0.341 e. The fraction of sp³-hybridized carbons (Fsp3) is 0.300. The van der Waals surface area contributed by atoms with Gasteiger partial charge in [0.05, 0.1) is 16.7 Å². The van der Waals surface area contributed by atoms with Gasteiger partial charge in [-0.3, -0.25) is 4.79 Å². The number of hydrogen-bond acceptors (Lipinski definition) is 5. The highest BCUT2D eigenvalue weighted by atomic mass is 35.5. The topological polar surface area (TPSA) is 55.4 Å². The molecule has 0 aliphatic carbocycles. The number of fused-ring (bicyclic) bond motifs is 1. The molecule has 142 valence electrons. The van der Waals surface area contributed by atoms with Crippen molar-refractivity contribution in [3.8, 4) is 0 Å². The maximum atomic E-state index is 12.9. The number of esters is 1. The first kappa shape index (κ1) is 19.9. The van der Waals surface area contributed by atoms with Gasteiger partial charge in [0.2, 0.25) is 0 Å². The van der Waals surface area contributed by atoms with Crippen LogP contribution < -0.4 is 5.32 Å². The van der Waals surface area contributed by atoms with Crippen LogP contribution in [0.25, 0.3) is 10.1 Å². The average Bonchev–Trinajstić information content (AvgIpc) is 3.11. The molecule has 0 bridgehead atoms. The molecule has 3 aromatic rings. The Morgan fingerprint density at radius 2 is 1.93 bits per heavy atom. The van der Waals surface area contributed by atoms with Crippen molar-refractivity contribution in [3.05, 3.63) is 50.2 Å². The fourth-order valence-electron chi connectivity index (χ4n) is 2.90. The van der Waals surface area contributed by atoms with Crippen molar-refractivity contribution in [2.75, 3.05) is 5.32 Å². The number of carbonyl (C=O) groups is 2. The molecule has 1 aromatic carbocycles. The predicted molar refractivity (Wildman–Crippen MR) is 114 cm³/mol. The predicted octanol–water partition coefficient (Wildman–Crippen LogP) is 6.30. The summed E-state index contributed by atoms with van der Waals surface area (Å²) in [4.78, 5) is 26.9. The number of halogens is 1. The molecule has 0 aliphatic heterocycles. The van der Waals surface area contributed by atoms with Crippen LogP contribution in [0.5, 0.6) is 0 Å². The lowest BCUT2D eigenvalue weighted by Gasteiger charge is -2.11. The van der Waals surface area contributed by atoms with Gasteiger partial charge in [0.15, 0.2) is 0 Å². The molecule has 0 atom stereocenters. The molecule has 0 saturated heterocycles. The van der Waals surface area contributed by atoms with Gasteiger partial charge in [-0.2, -0.15) is 0 Å². The number of nitrogens with one attached hydrogen (secondary N) is 1. The summed E-state index contributed by atoms with van der Waals surface area (Å²) in [5, 5.41) is 4.68. The zero-order valence-electron chi connectivity index (χ0n) is 15.5. The van der Waals surface area contributed by atoms with Gasteiger partial charge in [-0.1, -0.05) is 36.7 Å². The highest BCUT2D eigenvalue weighted by molar-refractivity contribution is 7.22. The van der Waals surface area contributed by atoms with E-state index in [1.165, 1.54) is 22.7 Å². The highest BCUT2D eigenvalue weighted by Crippen LogP contribution is 2.38. The molecular formula is C20H20ClNO3S2. The van der Waals surface area contributed by atoms with E-state index in [1.54, 1.807) is 13.8 Å². The third-order valence-corrected chi connectivity index (χ3v) is 6.81. The molecule has 2 heterocycles. The Morgan fingerprint density at radius 3 is 2.56 bits per heavy atom. The second-order valence-electron chi connectivity index (χ2n) is 6.34. The van der Waals surface area contributed by atoms with E-state index in [0.717, 1.165) is 20.5 Å². The maximum Gasteiger partial charge on any atom is 0.341 e. The van der Waals surface area contributed by atoms with E-state index in [9.17, 15) is 9.59 Å². The van der Waals surface area contributed by atoms with E-state index in [-0.39, 0.29) is 12.0 Å². The number of amides is 1. The summed E-state index contributed by atoms with van der Waals surface area (Å²) in [5.41, 5.74) is 1.35. The van der Waals surface area contributed by atoms with Crippen molar-refractivity contribution in [3.63, 3.8) is 0 Å². The Labute approximate surface area is 171 Å². The van der Waals surface area contributed by atoms with Crippen molar-refractivity contribution in [2.24, 2.45) is 0 Å². The van der Waals surface area contributed by atoms with Crippen LogP contribution in [-0.4, -0.2) is 18.0 Å². The van der Waals surface area contributed by atoms with Crippen molar-refractivity contribution in [2.45, 2.75) is 40.2 Å². The largest absolute Gasteiger partial charge is 0.459 e. The standard InChI is InChI=1S/C20H20ClNO3S2/c1-5-12-11(4)26-19(15(12)20(24)25-10(2)3)22-18(23)17-16(21)13-8-6-7-9-14(13)27-17/h6-10H,5H2,1-4H3,(H,22,23). The summed E-state index contributed by atoms with van der Waals surface area (Å²) in [5.74, 6) is -0.729. The lowest BCUT2D eigenvalue weighted by atomic mass is 10.1. The van der Waals surface area contributed by atoms with E-state index in [0.29, 0.717) is 26.9 Å². The number of ether oxygens (including phenoxy) is 1. The first-order valence-corrected chi connectivity index (χ1v) is 10.7. The number of hydrogen-bond donors (Lipinski definition) is 1. The number of benzene rings is 1. The summed E-state index contributed by atoms with van der Waals surface area (Å²) in [6, 6.07) is 7.62. The summed E-state index contributed by atoms with van der Waals surface area (Å²) in [7, 11) is 0. The van der Waals surface area contributed by atoms with E-state index >= 15 is 0 Å². The average molecular weight is 422 g/mol. The van der Waals surface area contributed by atoms with Gasteiger partial charge in [-0.05, 0) is 38.8 Å². The Balaban J connectivity index is 1.98. The van der Waals surface area contributed by atoms with Gasteiger partial charge in [-0.25, -0.2) is 4.79 Å². The van der Waals surface area contributed by atoms with Gasteiger partial charge in [0.1, 0.15) is 9.88 Å². The van der Waals surface area contributed by atoms with Crippen LogP contribution in [0.1, 0.15) is 51.2 Å². The molecule has 4 nitrogen and oxygen atoms in total. The van der Waals surface area contributed by atoms with Crippen LogP contribution in [-0.2, 0) is 11.2 Å². The summed E-state index contributed by atoms with van der Waals surface area (Å²) in [6.45, 7) is 7.53. The molecule has 0 radical (unpaired) electrons. The van der Waals surface area contributed by atoms with Crippen LogP contribution in [0.4, 0.5) is 5.00 Å². The van der Waals surface area contributed by atoms with E-state index in [1.807, 2.05) is 38.1 Å². The van der Waals surface area contributed by atoms with Crippen LogP contribution in [0.3, 0.4) is 0 Å². The second-order valence-corrected chi connectivity index (χ2v) is 9.00. The maximum absolute atomic E-state index is 12.9. The molecular weight excluding hydrogens is 402 g/mol. The van der Waals surface area contributed by atoms with Gasteiger partial charge in [0, 0.05) is 15.0 Å². The molecule has 2 aromatic heterocycles. The molecule has 7 heteroatoms. The quantitative estimate of drug-likeness (QED) is 0.491. The molecule has 1 amide bonds. The molecule has 0 unspecified atom stereocenters. The minimum Gasteiger partial charge on any atom is -0.459 e.